The summed E-state index contributed by atoms with van der Waals surface area (Å²) in [6.45, 7) is 0.880. The third-order valence-corrected chi connectivity index (χ3v) is 2.79. The Morgan fingerprint density at radius 3 is 2.92 bits per heavy atom. The maximum Gasteiger partial charge on any atom is 0.0876 e. The van der Waals surface area contributed by atoms with Crippen LogP contribution in [0.5, 0.6) is 0 Å². The van der Waals surface area contributed by atoms with Crippen molar-refractivity contribution < 1.29 is 0 Å². The lowest BCUT2D eigenvalue weighted by molar-refractivity contribution is 0.819. The van der Waals surface area contributed by atoms with Crippen LogP contribution in [0.25, 0.3) is 10.9 Å². The van der Waals surface area contributed by atoms with Gasteiger partial charge in [0.15, 0.2) is 0 Å². The summed E-state index contributed by atoms with van der Waals surface area (Å²) in [5.41, 5.74) is 2.47. The van der Waals surface area contributed by atoms with Crippen LogP contribution < -0.4 is 5.32 Å². The highest BCUT2D eigenvalue weighted by Crippen LogP contribution is 2.25. The van der Waals surface area contributed by atoms with Gasteiger partial charge in [-0.05, 0) is 29.0 Å². The first-order valence-corrected chi connectivity index (χ1v) is 5.02. The monoisotopic (exact) mass is 238 g/mol. The molecule has 0 bridgehead atoms. The zero-order chi connectivity index (χ0) is 9.26. The Balaban J connectivity index is 2.64. The van der Waals surface area contributed by atoms with Crippen molar-refractivity contribution in [3.8, 4) is 0 Å². The number of benzene rings is 1. The molecule has 0 saturated heterocycles. The minimum atomic E-state index is 0.880. The molecule has 0 aliphatic rings. The van der Waals surface area contributed by atoms with Crippen LogP contribution in [0.2, 0.25) is 0 Å². The van der Waals surface area contributed by atoms with E-state index >= 15 is 0 Å². The van der Waals surface area contributed by atoms with Crippen molar-refractivity contribution in [3.63, 3.8) is 0 Å². The first kappa shape index (κ1) is 8.78. The summed E-state index contributed by atoms with van der Waals surface area (Å²) in [7, 11) is 1.95. The van der Waals surface area contributed by atoms with Crippen molar-refractivity contribution >= 4 is 26.8 Å². The number of hydrogen-bond acceptors (Lipinski definition) is 1. The van der Waals surface area contributed by atoms with Gasteiger partial charge in [0.2, 0.25) is 0 Å². The molecule has 68 valence electrons. The summed E-state index contributed by atoms with van der Waals surface area (Å²) < 4.78 is 1.07. The Morgan fingerprint density at radius 2 is 2.15 bits per heavy atom. The van der Waals surface area contributed by atoms with Gasteiger partial charge in [0.1, 0.15) is 0 Å². The van der Waals surface area contributed by atoms with Crippen LogP contribution in [-0.4, -0.2) is 12.0 Å². The van der Waals surface area contributed by atoms with E-state index in [1.54, 1.807) is 0 Å². The minimum absolute atomic E-state index is 0.880. The lowest BCUT2D eigenvalue weighted by Gasteiger charge is -1.97. The van der Waals surface area contributed by atoms with Gasteiger partial charge in [-0.25, -0.2) is 0 Å². The molecule has 0 atom stereocenters. The third kappa shape index (κ3) is 1.49. The predicted molar refractivity (Wildman–Crippen MR) is 58.8 cm³/mol. The van der Waals surface area contributed by atoms with Crippen LogP contribution in [0.4, 0.5) is 0 Å². The quantitative estimate of drug-likeness (QED) is 0.828. The smallest absolute Gasteiger partial charge is 0.0876 e. The topological polar surface area (TPSA) is 27.8 Å². The molecule has 0 unspecified atom stereocenters. The fourth-order valence-corrected chi connectivity index (χ4v) is 2.08. The zero-order valence-corrected chi connectivity index (χ0v) is 8.98. The molecule has 0 aliphatic heterocycles. The molecular formula is C10H11BrN2. The van der Waals surface area contributed by atoms with E-state index in [4.69, 9.17) is 0 Å². The van der Waals surface area contributed by atoms with E-state index in [1.165, 1.54) is 16.5 Å². The molecular weight excluding hydrogens is 228 g/mol. The highest BCUT2D eigenvalue weighted by molar-refractivity contribution is 9.10. The van der Waals surface area contributed by atoms with Crippen LogP contribution >= 0.6 is 15.9 Å². The van der Waals surface area contributed by atoms with Crippen LogP contribution in [0, 0.1) is 0 Å². The second-order valence-corrected chi connectivity index (χ2v) is 3.79. The first-order valence-electron chi connectivity index (χ1n) is 4.22. The molecule has 0 radical (unpaired) electrons. The van der Waals surface area contributed by atoms with Gasteiger partial charge in [0.05, 0.1) is 4.60 Å². The molecule has 3 heteroatoms. The van der Waals surface area contributed by atoms with Crippen LogP contribution in [-0.2, 0) is 6.54 Å². The van der Waals surface area contributed by atoms with Gasteiger partial charge in [0.25, 0.3) is 0 Å². The normalized spacial score (nSPS) is 10.9. The molecule has 2 N–H and O–H groups in total. The van der Waals surface area contributed by atoms with Crippen LogP contribution in [0.15, 0.2) is 28.9 Å². The third-order valence-electron chi connectivity index (χ3n) is 2.12. The van der Waals surface area contributed by atoms with E-state index in [9.17, 15) is 0 Å². The fourth-order valence-electron chi connectivity index (χ4n) is 1.52. The van der Waals surface area contributed by atoms with E-state index in [-0.39, 0.29) is 0 Å². The Kier molecular flexibility index (Phi) is 2.38. The van der Waals surface area contributed by atoms with Crippen molar-refractivity contribution in [2.75, 3.05) is 7.05 Å². The van der Waals surface area contributed by atoms with Gasteiger partial charge in [-0.15, -0.1) is 0 Å². The molecule has 1 heterocycles. The fraction of sp³-hybridized carbons (Fsp3) is 0.200. The highest BCUT2D eigenvalue weighted by Gasteiger charge is 2.06. The second kappa shape index (κ2) is 3.52. The van der Waals surface area contributed by atoms with Crippen molar-refractivity contribution in [2.24, 2.45) is 0 Å². The number of aromatic amines is 1. The Hall–Kier alpha value is -0.800. The van der Waals surface area contributed by atoms with Crippen LogP contribution in [0.3, 0.4) is 0 Å². The first-order chi connectivity index (χ1) is 6.33. The Labute approximate surface area is 85.5 Å². The number of hydrogen-bond donors (Lipinski definition) is 2. The SMILES string of the molecule is CNCc1c(Br)[nH]c2ccccc12. The molecule has 0 fully saturated rings. The Bertz CT molecular complexity index is 420. The molecule has 0 spiro atoms. The van der Waals surface area contributed by atoms with E-state index in [2.05, 4.69) is 44.4 Å². The van der Waals surface area contributed by atoms with E-state index < -0.39 is 0 Å². The van der Waals surface area contributed by atoms with Crippen molar-refractivity contribution in [1.82, 2.24) is 10.3 Å². The van der Waals surface area contributed by atoms with E-state index in [1.807, 2.05) is 13.1 Å². The molecule has 13 heavy (non-hydrogen) atoms. The van der Waals surface area contributed by atoms with Gasteiger partial charge >= 0.3 is 0 Å². The molecule has 0 saturated carbocycles. The van der Waals surface area contributed by atoms with Gasteiger partial charge < -0.3 is 10.3 Å². The standard InChI is InChI=1S/C10H11BrN2/c1-12-6-8-7-4-2-3-5-9(7)13-10(8)11/h2-5,12-13H,6H2,1H3. The van der Waals surface area contributed by atoms with E-state index in [0.29, 0.717) is 0 Å². The molecule has 2 aromatic rings. The lowest BCUT2D eigenvalue weighted by Crippen LogP contribution is -2.04. The second-order valence-electron chi connectivity index (χ2n) is 2.99. The summed E-state index contributed by atoms with van der Waals surface area (Å²) in [6, 6.07) is 8.30. The van der Waals surface area contributed by atoms with Crippen molar-refractivity contribution in [1.29, 1.82) is 0 Å². The number of rotatable bonds is 2. The van der Waals surface area contributed by atoms with Crippen molar-refractivity contribution in [3.05, 3.63) is 34.4 Å². The maximum atomic E-state index is 3.52. The molecule has 1 aromatic heterocycles. The minimum Gasteiger partial charge on any atom is -0.349 e. The number of nitrogens with one attached hydrogen (secondary N) is 2. The van der Waals surface area contributed by atoms with Crippen LogP contribution in [0.1, 0.15) is 5.56 Å². The Morgan fingerprint density at radius 1 is 1.38 bits per heavy atom. The predicted octanol–water partition coefficient (Wildman–Crippen LogP) is 2.65. The summed E-state index contributed by atoms with van der Waals surface area (Å²) in [5.74, 6) is 0. The average molecular weight is 239 g/mol. The molecule has 2 rings (SSSR count). The maximum absolute atomic E-state index is 3.52. The summed E-state index contributed by atoms with van der Waals surface area (Å²) in [5, 5.41) is 4.43. The average Bonchev–Trinajstić information content (AvgIpc) is 2.44. The zero-order valence-electron chi connectivity index (χ0n) is 7.39. The number of halogens is 1. The van der Waals surface area contributed by atoms with Crippen molar-refractivity contribution in [2.45, 2.75) is 6.54 Å². The summed E-state index contributed by atoms with van der Waals surface area (Å²) >= 11 is 3.52. The summed E-state index contributed by atoms with van der Waals surface area (Å²) in [6.07, 6.45) is 0. The molecule has 1 aromatic carbocycles. The van der Waals surface area contributed by atoms with E-state index in [0.717, 1.165) is 11.1 Å². The number of aromatic nitrogens is 1. The van der Waals surface area contributed by atoms with Gasteiger partial charge in [-0.3, -0.25) is 0 Å². The largest absolute Gasteiger partial charge is 0.349 e. The number of H-pyrrole nitrogens is 1. The summed E-state index contributed by atoms with van der Waals surface area (Å²) in [4.78, 5) is 3.29. The molecule has 0 amide bonds. The number of fused-ring (bicyclic) bond motifs is 1. The van der Waals surface area contributed by atoms with Gasteiger partial charge in [0, 0.05) is 23.0 Å². The molecule has 2 nitrogen and oxygen atoms in total. The molecule has 0 aliphatic carbocycles. The van der Waals surface area contributed by atoms with Gasteiger partial charge in [-0.2, -0.15) is 0 Å². The van der Waals surface area contributed by atoms with Gasteiger partial charge in [-0.1, -0.05) is 18.2 Å². The lowest BCUT2D eigenvalue weighted by atomic mass is 10.2. The number of para-hydroxylation sites is 1. The highest BCUT2D eigenvalue weighted by atomic mass is 79.9.